The first-order valence-electron chi connectivity index (χ1n) is 3.90. The Morgan fingerprint density at radius 2 is 2.00 bits per heavy atom. The van der Waals surface area contributed by atoms with Gasteiger partial charge in [-0.15, -0.1) is 0 Å². The molecule has 0 aromatic rings. The number of aliphatic hydroxyl groups excluding tert-OH is 1. The predicted molar refractivity (Wildman–Crippen MR) is 43.0 cm³/mol. The quantitative estimate of drug-likeness (QED) is 0.596. The van der Waals surface area contributed by atoms with Gasteiger partial charge in [0.05, 0.1) is 13.1 Å². The van der Waals surface area contributed by atoms with Crippen molar-refractivity contribution in [3.05, 3.63) is 6.10 Å². The Labute approximate surface area is 72.1 Å². The Morgan fingerprint density at radius 1 is 1.50 bits per heavy atom. The van der Waals surface area contributed by atoms with Crippen molar-refractivity contribution in [1.29, 1.82) is 0 Å². The summed E-state index contributed by atoms with van der Waals surface area (Å²) >= 11 is 0. The lowest BCUT2D eigenvalue weighted by Crippen LogP contribution is -2.50. The Balaban J connectivity index is 2.30. The number of carbonyl (C=O) groups excluding carboxylic acids is 1. The molecule has 0 unspecified atom stereocenters. The Morgan fingerprint density at radius 3 is 2.33 bits per heavy atom. The lowest BCUT2D eigenvalue weighted by molar-refractivity contribution is 0.00107. The minimum absolute atomic E-state index is 0.314. The summed E-state index contributed by atoms with van der Waals surface area (Å²) in [6.07, 6.45) is -0.0267. The van der Waals surface area contributed by atoms with Crippen LogP contribution in [0, 0.1) is 6.10 Å². The molecule has 1 saturated heterocycles. The maximum Gasteiger partial charge on any atom is 0.410 e. The fourth-order valence-corrected chi connectivity index (χ4v) is 0.850. The third-order valence-corrected chi connectivity index (χ3v) is 1.40. The summed E-state index contributed by atoms with van der Waals surface area (Å²) in [6, 6.07) is 0. The van der Waals surface area contributed by atoms with Crippen molar-refractivity contribution in [1.82, 2.24) is 4.90 Å². The van der Waals surface area contributed by atoms with E-state index in [2.05, 4.69) is 0 Å². The van der Waals surface area contributed by atoms with E-state index in [9.17, 15) is 4.79 Å². The summed E-state index contributed by atoms with van der Waals surface area (Å²) in [4.78, 5) is 12.6. The molecule has 0 aliphatic carbocycles. The summed E-state index contributed by atoms with van der Waals surface area (Å²) in [5.74, 6) is 0. The third-order valence-electron chi connectivity index (χ3n) is 1.40. The highest BCUT2D eigenvalue weighted by Crippen LogP contribution is 2.18. The van der Waals surface area contributed by atoms with Gasteiger partial charge in [0.2, 0.25) is 0 Å². The molecule has 1 heterocycles. The number of hydrogen-bond donors (Lipinski definition) is 1. The number of nitrogens with zero attached hydrogens (tertiary/aromatic N) is 1. The highest BCUT2D eigenvalue weighted by atomic mass is 16.6. The van der Waals surface area contributed by atoms with Gasteiger partial charge in [-0.05, 0) is 20.8 Å². The molecule has 0 atom stereocenters. The summed E-state index contributed by atoms with van der Waals surface area (Å²) in [5, 5.41) is 8.83. The number of rotatable bonds is 0. The average Bonchev–Trinajstić information content (AvgIpc) is 1.76. The van der Waals surface area contributed by atoms with E-state index in [1.807, 2.05) is 20.8 Å². The van der Waals surface area contributed by atoms with Gasteiger partial charge in [-0.25, -0.2) is 4.79 Å². The second-order valence-corrected chi connectivity index (χ2v) is 3.90. The van der Waals surface area contributed by atoms with Crippen LogP contribution in [-0.4, -0.2) is 34.8 Å². The molecule has 0 bridgehead atoms. The standard InChI is InChI=1S/C8H14NO3/c1-8(2,3)12-7(11)9-4-6(10)5-9/h10H,4-5H2,1-3H3. The number of amides is 1. The van der Waals surface area contributed by atoms with Gasteiger partial charge in [-0.1, -0.05) is 0 Å². The molecular formula is C8H14NO3. The predicted octanol–water partition coefficient (Wildman–Crippen LogP) is 1.14. The largest absolute Gasteiger partial charge is 0.444 e. The topological polar surface area (TPSA) is 49.8 Å². The molecule has 1 radical (unpaired) electrons. The number of likely N-dealkylation sites (tertiary alicyclic amines) is 1. The van der Waals surface area contributed by atoms with E-state index in [1.54, 1.807) is 0 Å². The van der Waals surface area contributed by atoms with Gasteiger partial charge in [0, 0.05) is 0 Å². The van der Waals surface area contributed by atoms with Crippen LogP contribution in [0.5, 0.6) is 0 Å². The van der Waals surface area contributed by atoms with Crippen LogP contribution in [0.4, 0.5) is 4.79 Å². The van der Waals surface area contributed by atoms with Crippen molar-refractivity contribution in [3.8, 4) is 0 Å². The van der Waals surface area contributed by atoms with Gasteiger partial charge < -0.3 is 14.7 Å². The van der Waals surface area contributed by atoms with E-state index in [4.69, 9.17) is 9.84 Å². The fourth-order valence-electron chi connectivity index (χ4n) is 0.850. The molecule has 69 valence electrons. The van der Waals surface area contributed by atoms with Gasteiger partial charge in [0.1, 0.15) is 11.7 Å². The Kier molecular flexibility index (Phi) is 2.28. The fraction of sp³-hybridized carbons (Fsp3) is 0.750. The van der Waals surface area contributed by atoms with Crippen LogP contribution in [0.15, 0.2) is 0 Å². The van der Waals surface area contributed by atoms with Crippen molar-refractivity contribution in [3.63, 3.8) is 0 Å². The molecule has 1 aliphatic heterocycles. The minimum atomic E-state index is -0.456. The van der Waals surface area contributed by atoms with Gasteiger partial charge in [-0.3, -0.25) is 0 Å². The summed E-state index contributed by atoms with van der Waals surface area (Å²) in [7, 11) is 0. The molecular weight excluding hydrogens is 158 g/mol. The van der Waals surface area contributed by atoms with Gasteiger partial charge in [-0.2, -0.15) is 0 Å². The molecule has 4 heteroatoms. The first kappa shape index (κ1) is 9.32. The van der Waals surface area contributed by atoms with Crippen molar-refractivity contribution in [2.24, 2.45) is 0 Å². The molecule has 1 aliphatic rings. The van der Waals surface area contributed by atoms with Crippen molar-refractivity contribution in [2.45, 2.75) is 26.4 Å². The van der Waals surface area contributed by atoms with Crippen LogP contribution in [0.25, 0.3) is 0 Å². The smallest absolute Gasteiger partial charge is 0.410 e. The van der Waals surface area contributed by atoms with E-state index in [0.717, 1.165) is 0 Å². The number of carbonyl (C=O) groups is 1. The zero-order valence-corrected chi connectivity index (χ0v) is 7.63. The summed E-state index contributed by atoms with van der Waals surface area (Å²) < 4.78 is 5.05. The number of aliphatic hydroxyl groups is 1. The molecule has 1 fully saturated rings. The molecule has 0 saturated carbocycles. The zero-order valence-electron chi connectivity index (χ0n) is 7.63. The second-order valence-electron chi connectivity index (χ2n) is 3.90. The van der Waals surface area contributed by atoms with Crippen molar-refractivity contribution < 1.29 is 14.6 Å². The number of ether oxygens (including phenoxy) is 1. The number of hydrogen-bond acceptors (Lipinski definition) is 3. The highest BCUT2D eigenvalue weighted by Gasteiger charge is 2.32. The van der Waals surface area contributed by atoms with Gasteiger partial charge in [0.25, 0.3) is 0 Å². The second kappa shape index (κ2) is 2.94. The van der Waals surface area contributed by atoms with Crippen molar-refractivity contribution >= 4 is 6.09 Å². The molecule has 1 amide bonds. The minimum Gasteiger partial charge on any atom is -0.444 e. The van der Waals surface area contributed by atoms with Gasteiger partial charge in [0.15, 0.2) is 0 Å². The maximum absolute atomic E-state index is 11.2. The molecule has 1 N–H and O–H groups in total. The molecule has 1 rings (SSSR count). The molecule has 0 aromatic heterocycles. The summed E-state index contributed by atoms with van der Waals surface area (Å²) in [6.45, 7) is 6.07. The lowest BCUT2D eigenvalue weighted by atomic mass is 10.2. The van der Waals surface area contributed by atoms with E-state index in [1.165, 1.54) is 4.90 Å². The average molecular weight is 172 g/mol. The monoisotopic (exact) mass is 172 g/mol. The van der Waals surface area contributed by atoms with Crippen molar-refractivity contribution in [2.75, 3.05) is 13.1 Å². The van der Waals surface area contributed by atoms with Crippen LogP contribution in [0.2, 0.25) is 0 Å². The van der Waals surface area contributed by atoms with Crippen LogP contribution in [0.3, 0.4) is 0 Å². The Hall–Kier alpha value is -0.770. The first-order valence-corrected chi connectivity index (χ1v) is 3.90. The zero-order chi connectivity index (χ0) is 9.35. The van der Waals surface area contributed by atoms with Crippen LogP contribution >= 0.6 is 0 Å². The normalized spacial score (nSPS) is 18.8. The molecule has 12 heavy (non-hydrogen) atoms. The van der Waals surface area contributed by atoms with E-state index < -0.39 is 5.60 Å². The molecule has 4 nitrogen and oxygen atoms in total. The molecule has 0 aromatic carbocycles. The maximum atomic E-state index is 11.2. The van der Waals surface area contributed by atoms with Crippen LogP contribution in [-0.2, 0) is 4.74 Å². The van der Waals surface area contributed by atoms with Crippen LogP contribution in [0.1, 0.15) is 20.8 Å². The van der Waals surface area contributed by atoms with E-state index >= 15 is 0 Å². The highest BCUT2D eigenvalue weighted by molar-refractivity contribution is 5.69. The van der Waals surface area contributed by atoms with E-state index in [0.29, 0.717) is 19.2 Å². The van der Waals surface area contributed by atoms with E-state index in [-0.39, 0.29) is 6.09 Å². The lowest BCUT2D eigenvalue weighted by Gasteiger charge is -2.35. The third kappa shape index (κ3) is 2.37. The van der Waals surface area contributed by atoms with Gasteiger partial charge >= 0.3 is 6.09 Å². The SMILES string of the molecule is CC(C)(C)OC(=O)N1C[C](O)C1. The molecule has 0 spiro atoms. The van der Waals surface area contributed by atoms with Crippen LogP contribution < -0.4 is 0 Å². The Bertz CT molecular complexity index is 179. The first-order chi connectivity index (χ1) is 5.38. The summed E-state index contributed by atoms with van der Waals surface area (Å²) in [5.41, 5.74) is -0.456.